The molecule has 0 radical (unpaired) electrons. The number of aromatic nitrogens is 2. The van der Waals surface area contributed by atoms with E-state index in [-0.39, 0.29) is 6.04 Å². The number of hydrogen-bond acceptors (Lipinski definition) is 0. The molecule has 2 unspecified atom stereocenters. The van der Waals surface area contributed by atoms with Crippen LogP contribution < -0.4 is 9.13 Å². The van der Waals surface area contributed by atoms with Crippen molar-refractivity contribution in [1.82, 2.24) is 0 Å². The van der Waals surface area contributed by atoms with E-state index in [9.17, 15) is 0 Å². The lowest BCUT2D eigenvalue weighted by atomic mass is 9.78. The molecule has 0 aliphatic carbocycles. The molecule has 0 spiro atoms. The Morgan fingerprint density at radius 2 is 1.42 bits per heavy atom. The Hall–Kier alpha value is -4.30. The Morgan fingerprint density at radius 3 is 2.26 bits per heavy atom. The zero-order valence-corrected chi connectivity index (χ0v) is 22.1. The summed E-state index contributed by atoms with van der Waals surface area (Å²) in [5, 5.41) is 0. The maximum absolute atomic E-state index is 4.80. The Balaban J connectivity index is 1.48. The highest BCUT2D eigenvalue weighted by Gasteiger charge is 2.46. The maximum Gasteiger partial charge on any atom is 0.249 e. The van der Waals surface area contributed by atoms with Gasteiger partial charge in [0.25, 0.3) is 0 Å². The fraction of sp³-hybridized carbons (Fsp3) is 0.167. The summed E-state index contributed by atoms with van der Waals surface area (Å²) in [6, 6.07) is 36.0. The first-order chi connectivity index (χ1) is 18.6. The van der Waals surface area contributed by atoms with Gasteiger partial charge in [-0.2, -0.15) is 9.13 Å². The fourth-order valence-corrected chi connectivity index (χ4v) is 6.77. The predicted octanol–water partition coefficient (Wildman–Crippen LogP) is 7.63. The minimum absolute atomic E-state index is 0.131. The van der Waals surface area contributed by atoms with E-state index in [1.165, 1.54) is 55.9 Å². The molecule has 0 saturated carbocycles. The van der Waals surface area contributed by atoms with Crippen LogP contribution in [-0.4, -0.2) is 0 Å². The Bertz CT molecular complexity index is 1710. The average Bonchev–Trinajstić information content (AvgIpc) is 2.99. The Labute approximate surface area is 225 Å². The number of fused-ring (bicyclic) bond motifs is 9. The van der Waals surface area contributed by atoms with Gasteiger partial charge in [0, 0.05) is 35.4 Å². The van der Waals surface area contributed by atoms with Crippen molar-refractivity contribution in [3.05, 3.63) is 138 Å². The zero-order chi connectivity index (χ0) is 25.8. The van der Waals surface area contributed by atoms with Gasteiger partial charge in [-0.1, -0.05) is 65.7 Å². The monoisotopic (exact) mass is 492 g/mol. The molecule has 7 rings (SSSR count). The normalized spacial score (nSPS) is 17.6. The molecule has 2 aromatic heterocycles. The summed E-state index contributed by atoms with van der Waals surface area (Å²) in [7, 11) is 0. The molecular formula is C36H32N2+2. The molecule has 0 bridgehead atoms. The molecule has 0 fully saturated rings. The van der Waals surface area contributed by atoms with Crippen LogP contribution in [0.4, 0.5) is 0 Å². The molecule has 38 heavy (non-hydrogen) atoms. The maximum atomic E-state index is 4.80. The molecule has 0 N–H and O–H groups in total. The SMILES string of the molecule is C=C1C2C(CCc3ccccc3-c3cc(-c4cc(C)cc(C)c4)cc[n+]31)c1ccccc1-c1cccc[n+]12. The number of hydrogen-bond donors (Lipinski definition) is 0. The third-order valence-corrected chi connectivity index (χ3v) is 8.39. The highest BCUT2D eigenvalue weighted by Crippen LogP contribution is 2.44. The minimum atomic E-state index is 0.131. The van der Waals surface area contributed by atoms with Crippen molar-refractivity contribution in [1.29, 1.82) is 0 Å². The summed E-state index contributed by atoms with van der Waals surface area (Å²) in [5.41, 5.74) is 14.1. The van der Waals surface area contributed by atoms with Gasteiger partial charge in [0.2, 0.25) is 23.1 Å². The second kappa shape index (κ2) is 8.92. The standard InChI is InChI=1S/C36H32N2/c1-24-20-25(2)22-29(21-24)28-17-19-37-26(3)36-33(16-15-27-10-4-5-11-30(27)35(37)23-28)31-12-6-7-13-32(31)34-14-8-9-18-38(34)36/h4-14,17-23,33,36H,3,15-16H2,1-2H3/q+2. The molecular weight excluding hydrogens is 460 g/mol. The van der Waals surface area contributed by atoms with E-state index in [1.807, 2.05) is 0 Å². The molecule has 0 saturated heterocycles. The first kappa shape index (κ1) is 22.9. The minimum Gasteiger partial charge on any atom is -0.184 e. The van der Waals surface area contributed by atoms with Gasteiger partial charge in [-0.05, 0) is 73.7 Å². The van der Waals surface area contributed by atoms with Crippen LogP contribution in [-0.2, 0) is 6.42 Å². The van der Waals surface area contributed by atoms with Crippen molar-refractivity contribution in [3.63, 3.8) is 0 Å². The molecule has 5 aromatic rings. The van der Waals surface area contributed by atoms with E-state index in [1.54, 1.807) is 0 Å². The fourth-order valence-electron chi connectivity index (χ4n) is 6.77. The number of benzene rings is 3. The molecule has 2 heteroatoms. The third-order valence-electron chi connectivity index (χ3n) is 8.39. The second-order valence-corrected chi connectivity index (χ2v) is 10.9. The van der Waals surface area contributed by atoms with E-state index in [2.05, 4.69) is 132 Å². The van der Waals surface area contributed by atoms with E-state index < -0.39 is 0 Å². The Morgan fingerprint density at radius 1 is 0.684 bits per heavy atom. The van der Waals surface area contributed by atoms with E-state index >= 15 is 0 Å². The van der Waals surface area contributed by atoms with Crippen LogP contribution in [0, 0.1) is 13.8 Å². The van der Waals surface area contributed by atoms with Gasteiger partial charge in [0.15, 0.2) is 12.4 Å². The van der Waals surface area contributed by atoms with Crippen LogP contribution >= 0.6 is 0 Å². The number of rotatable bonds is 1. The van der Waals surface area contributed by atoms with Crippen LogP contribution in [0.2, 0.25) is 0 Å². The molecule has 2 nitrogen and oxygen atoms in total. The first-order valence-corrected chi connectivity index (χ1v) is 13.6. The number of pyridine rings is 2. The van der Waals surface area contributed by atoms with Crippen LogP contribution in [0.5, 0.6) is 0 Å². The summed E-state index contributed by atoms with van der Waals surface area (Å²) in [6.45, 7) is 9.15. The third kappa shape index (κ3) is 3.63. The van der Waals surface area contributed by atoms with Gasteiger partial charge in [-0.25, -0.2) is 0 Å². The van der Waals surface area contributed by atoms with Gasteiger partial charge in [-0.15, -0.1) is 0 Å². The lowest BCUT2D eigenvalue weighted by molar-refractivity contribution is -0.727. The van der Waals surface area contributed by atoms with Crippen molar-refractivity contribution in [3.8, 4) is 33.6 Å². The molecule has 2 aliphatic rings. The highest BCUT2D eigenvalue weighted by atomic mass is 15.1. The van der Waals surface area contributed by atoms with Gasteiger partial charge < -0.3 is 0 Å². The van der Waals surface area contributed by atoms with E-state index in [0.717, 1.165) is 18.5 Å². The Kier molecular flexibility index (Phi) is 5.37. The molecule has 3 aromatic carbocycles. The van der Waals surface area contributed by atoms with Gasteiger partial charge >= 0.3 is 0 Å². The van der Waals surface area contributed by atoms with Gasteiger partial charge in [0.05, 0.1) is 5.92 Å². The lowest BCUT2D eigenvalue weighted by Crippen LogP contribution is -2.53. The van der Waals surface area contributed by atoms with E-state index in [4.69, 9.17) is 6.58 Å². The second-order valence-electron chi connectivity index (χ2n) is 10.9. The lowest BCUT2D eigenvalue weighted by Gasteiger charge is -2.29. The van der Waals surface area contributed by atoms with Crippen LogP contribution in [0.1, 0.15) is 40.6 Å². The highest BCUT2D eigenvalue weighted by molar-refractivity contribution is 5.72. The van der Waals surface area contributed by atoms with Crippen LogP contribution in [0.15, 0.2) is 116 Å². The summed E-state index contributed by atoms with van der Waals surface area (Å²) >= 11 is 0. The smallest absolute Gasteiger partial charge is 0.184 e. The molecule has 4 heterocycles. The molecule has 2 aliphatic heterocycles. The number of allylic oxidation sites excluding steroid dienone is 1. The summed E-state index contributed by atoms with van der Waals surface area (Å²) < 4.78 is 4.81. The number of nitrogens with zero attached hydrogens (tertiary/aromatic N) is 2. The van der Waals surface area contributed by atoms with Crippen molar-refractivity contribution in [2.24, 2.45) is 0 Å². The number of aryl methyl sites for hydroxylation is 3. The summed E-state index contributed by atoms with van der Waals surface area (Å²) in [6.07, 6.45) is 6.57. The average molecular weight is 493 g/mol. The van der Waals surface area contributed by atoms with Crippen molar-refractivity contribution < 1.29 is 9.13 Å². The molecule has 0 amide bonds. The predicted molar refractivity (Wildman–Crippen MR) is 154 cm³/mol. The largest absolute Gasteiger partial charge is 0.249 e. The van der Waals surface area contributed by atoms with Crippen molar-refractivity contribution >= 4 is 5.70 Å². The zero-order valence-electron chi connectivity index (χ0n) is 22.1. The molecule has 184 valence electrons. The van der Waals surface area contributed by atoms with Crippen molar-refractivity contribution in [2.75, 3.05) is 0 Å². The molecule has 2 atom stereocenters. The summed E-state index contributed by atoms with van der Waals surface area (Å²) in [5.74, 6) is 0.337. The first-order valence-electron chi connectivity index (χ1n) is 13.6. The van der Waals surface area contributed by atoms with Gasteiger partial charge in [-0.3, -0.25) is 0 Å². The van der Waals surface area contributed by atoms with Crippen LogP contribution in [0.3, 0.4) is 0 Å². The van der Waals surface area contributed by atoms with Gasteiger partial charge in [0.1, 0.15) is 0 Å². The van der Waals surface area contributed by atoms with Crippen LogP contribution in [0.25, 0.3) is 39.3 Å². The van der Waals surface area contributed by atoms with Crippen molar-refractivity contribution in [2.45, 2.75) is 38.6 Å². The topological polar surface area (TPSA) is 7.76 Å². The summed E-state index contributed by atoms with van der Waals surface area (Å²) in [4.78, 5) is 0. The van der Waals surface area contributed by atoms with E-state index in [0.29, 0.717) is 5.92 Å². The quantitative estimate of drug-likeness (QED) is 0.213.